The Morgan fingerprint density at radius 2 is 1.22 bits per heavy atom. The lowest BCUT2D eigenvalue weighted by atomic mass is 9.60. The number of Topliss-reactive ketones (excluding diaryl/α,β-unsaturated/α-hetero) is 1. The van der Waals surface area contributed by atoms with Crippen molar-refractivity contribution in [3.63, 3.8) is 0 Å². The minimum Gasteiger partial charge on any atom is -0.390 e. The van der Waals surface area contributed by atoms with Crippen molar-refractivity contribution in [2.45, 2.75) is 32.8 Å². The largest absolute Gasteiger partial charge is 0.390 e. The van der Waals surface area contributed by atoms with Gasteiger partial charge in [0.1, 0.15) is 0 Å². The van der Waals surface area contributed by atoms with Crippen molar-refractivity contribution < 1.29 is 19.5 Å². The fourth-order valence-electron chi connectivity index (χ4n) is 7.38. The number of carbonyl (C=O) groups excluding carboxylic acids is 3. The number of β-amino-alcohol motifs (C(OH)–C–C–N with tert-alkyl or cyclic N) is 1. The topological polar surface area (TPSA) is 77.9 Å². The summed E-state index contributed by atoms with van der Waals surface area (Å²) in [7, 11) is 3.68. The zero-order valence-corrected chi connectivity index (χ0v) is 21.4. The fourth-order valence-corrected chi connectivity index (χ4v) is 7.38. The van der Waals surface area contributed by atoms with Crippen LogP contribution in [0.4, 0.5) is 0 Å². The lowest BCUT2D eigenvalue weighted by Crippen LogP contribution is -2.45. The predicted molar refractivity (Wildman–Crippen MR) is 138 cm³/mol. The van der Waals surface area contributed by atoms with E-state index in [1.165, 1.54) is 4.90 Å². The van der Waals surface area contributed by atoms with Crippen LogP contribution >= 0.6 is 0 Å². The Kier molecular flexibility index (Phi) is 6.00. The Bertz CT molecular complexity index is 1150. The summed E-state index contributed by atoms with van der Waals surface area (Å²) < 4.78 is 0. The number of benzene rings is 2. The highest BCUT2D eigenvalue weighted by molar-refractivity contribution is 6.29. The molecule has 5 unspecified atom stereocenters. The second-order valence-corrected chi connectivity index (χ2v) is 10.6. The molecule has 2 bridgehead atoms. The van der Waals surface area contributed by atoms with Crippen LogP contribution in [0.25, 0.3) is 11.1 Å². The number of imide groups is 1. The van der Waals surface area contributed by atoms with Crippen LogP contribution in [0.3, 0.4) is 0 Å². The van der Waals surface area contributed by atoms with Crippen LogP contribution in [0.1, 0.15) is 37.8 Å². The van der Waals surface area contributed by atoms with E-state index < -0.39 is 28.8 Å². The highest BCUT2D eigenvalue weighted by Gasteiger charge is 2.80. The molecule has 2 aromatic rings. The zero-order valence-electron chi connectivity index (χ0n) is 21.4. The van der Waals surface area contributed by atoms with Crippen LogP contribution in [0.2, 0.25) is 0 Å². The van der Waals surface area contributed by atoms with Gasteiger partial charge < -0.3 is 10.0 Å². The molecule has 0 spiro atoms. The third-order valence-corrected chi connectivity index (χ3v) is 8.62. The van der Waals surface area contributed by atoms with Crippen molar-refractivity contribution in [2.75, 3.05) is 27.2 Å². The Morgan fingerprint density at radius 1 is 0.806 bits per heavy atom. The monoisotopic (exact) mass is 486 g/mol. The number of rotatable bonds is 8. The number of likely N-dealkylation sites (N-methyl/N-ethyl adjacent to an activating group) is 1. The van der Waals surface area contributed by atoms with Gasteiger partial charge in [-0.05, 0) is 49.2 Å². The summed E-state index contributed by atoms with van der Waals surface area (Å²) in [5.41, 5.74) is 1.46. The Balaban J connectivity index is 1.75. The summed E-state index contributed by atoms with van der Waals surface area (Å²) in [6.07, 6.45) is 0.00979. The van der Waals surface area contributed by atoms with Crippen molar-refractivity contribution in [2.24, 2.45) is 22.7 Å². The summed E-state index contributed by atoms with van der Waals surface area (Å²) in [6, 6.07) is 19.7. The maximum atomic E-state index is 14.6. The lowest BCUT2D eigenvalue weighted by Gasteiger charge is -2.38. The van der Waals surface area contributed by atoms with E-state index in [0.717, 1.165) is 22.3 Å². The van der Waals surface area contributed by atoms with Gasteiger partial charge in [0.15, 0.2) is 5.78 Å². The van der Waals surface area contributed by atoms with Gasteiger partial charge in [0.2, 0.25) is 11.8 Å². The third kappa shape index (κ3) is 3.07. The summed E-state index contributed by atoms with van der Waals surface area (Å²) in [5.74, 6) is -2.15. The third-order valence-electron chi connectivity index (χ3n) is 8.62. The van der Waals surface area contributed by atoms with Gasteiger partial charge in [-0.1, -0.05) is 74.5 Å². The molecule has 1 saturated heterocycles. The second kappa shape index (κ2) is 8.79. The molecule has 6 nitrogen and oxygen atoms in total. The Labute approximate surface area is 212 Å². The Morgan fingerprint density at radius 3 is 1.58 bits per heavy atom. The summed E-state index contributed by atoms with van der Waals surface area (Å²) in [4.78, 5) is 45.7. The second-order valence-electron chi connectivity index (χ2n) is 10.6. The first-order valence-electron chi connectivity index (χ1n) is 12.8. The van der Waals surface area contributed by atoms with Gasteiger partial charge in [-0.25, -0.2) is 0 Å². The number of carbonyl (C=O) groups is 3. The average Bonchev–Trinajstić information content (AvgIpc) is 3.36. The molecule has 0 radical (unpaired) electrons. The molecule has 1 saturated carbocycles. The zero-order chi connectivity index (χ0) is 25.8. The van der Waals surface area contributed by atoms with E-state index in [-0.39, 0.29) is 24.1 Å². The van der Waals surface area contributed by atoms with E-state index >= 15 is 0 Å². The minimum atomic E-state index is -1.08. The quantitative estimate of drug-likeness (QED) is 0.578. The minimum absolute atomic E-state index is 0.00268. The number of allylic oxidation sites excluding steroid dienone is 2. The SMILES string of the molecule is CCC12C(=O)C(CC)(C(c3ccccc3)=C1c1ccccc1)C1C(=O)N(CC(O)CN(C)C)C(=O)C12. The molecule has 2 fully saturated rings. The fraction of sp³-hybridized carbons (Fsp3) is 0.433. The Hall–Kier alpha value is -3.09. The van der Waals surface area contributed by atoms with Gasteiger partial charge in [0, 0.05) is 6.54 Å². The first-order chi connectivity index (χ1) is 17.3. The average molecular weight is 487 g/mol. The molecule has 1 aliphatic heterocycles. The van der Waals surface area contributed by atoms with Crippen molar-refractivity contribution >= 4 is 28.7 Å². The number of aliphatic hydroxyl groups is 1. The molecule has 5 rings (SSSR count). The van der Waals surface area contributed by atoms with Gasteiger partial charge in [-0.2, -0.15) is 0 Å². The molecule has 1 heterocycles. The molecule has 2 aliphatic carbocycles. The van der Waals surface area contributed by atoms with Crippen molar-refractivity contribution in [1.29, 1.82) is 0 Å². The maximum Gasteiger partial charge on any atom is 0.234 e. The lowest BCUT2D eigenvalue weighted by molar-refractivity contribution is -0.147. The van der Waals surface area contributed by atoms with Gasteiger partial charge in [-0.15, -0.1) is 0 Å². The highest BCUT2D eigenvalue weighted by atomic mass is 16.3. The van der Waals surface area contributed by atoms with Gasteiger partial charge in [-0.3, -0.25) is 19.3 Å². The number of ketones is 1. The number of nitrogens with zero attached hydrogens (tertiary/aromatic N) is 2. The molecular weight excluding hydrogens is 452 g/mol. The molecule has 36 heavy (non-hydrogen) atoms. The van der Waals surface area contributed by atoms with E-state index in [1.807, 2.05) is 93.5 Å². The van der Waals surface area contributed by atoms with E-state index in [0.29, 0.717) is 19.4 Å². The smallest absolute Gasteiger partial charge is 0.234 e. The molecule has 2 aromatic carbocycles. The van der Waals surface area contributed by atoms with Crippen LogP contribution in [0, 0.1) is 22.7 Å². The van der Waals surface area contributed by atoms with E-state index in [4.69, 9.17) is 0 Å². The number of aliphatic hydroxyl groups excluding tert-OH is 1. The molecule has 2 amide bonds. The van der Waals surface area contributed by atoms with Crippen LogP contribution in [0.15, 0.2) is 60.7 Å². The van der Waals surface area contributed by atoms with Crippen molar-refractivity contribution in [3.8, 4) is 0 Å². The number of amides is 2. The number of likely N-dealkylation sites (tertiary alicyclic amines) is 1. The normalized spacial score (nSPS) is 30.1. The number of fused-ring (bicyclic) bond motifs is 5. The predicted octanol–water partition coefficient (Wildman–Crippen LogP) is 3.51. The van der Waals surface area contributed by atoms with Crippen molar-refractivity contribution in [1.82, 2.24) is 9.80 Å². The summed E-state index contributed by atoms with van der Waals surface area (Å²) in [6.45, 7) is 4.20. The van der Waals surface area contributed by atoms with Crippen molar-refractivity contribution in [3.05, 3.63) is 71.8 Å². The van der Waals surface area contributed by atoms with Crippen LogP contribution in [-0.4, -0.2) is 65.8 Å². The molecule has 5 atom stereocenters. The molecule has 6 heteroatoms. The van der Waals surface area contributed by atoms with E-state index in [9.17, 15) is 19.5 Å². The first-order valence-corrected chi connectivity index (χ1v) is 12.8. The maximum absolute atomic E-state index is 14.6. The standard InChI is InChI=1S/C30H34N2O4/c1-5-29-22(19-13-9-7-10-14-19)23(20-15-11-8-12-16-20)30(6-2,28(29)36)25-24(29)26(34)32(27(25)35)18-21(33)17-31(3)4/h7-16,21,24-25,33H,5-6,17-18H2,1-4H3. The molecule has 188 valence electrons. The molecule has 1 N–H and O–H groups in total. The van der Waals surface area contributed by atoms with Crippen LogP contribution in [-0.2, 0) is 14.4 Å². The first kappa shape index (κ1) is 24.6. The van der Waals surface area contributed by atoms with Crippen LogP contribution in [0.5, 0.6) is 0 Å². The number of hydrogen-bond acceptors (Lipinski definition) is 5. The van der Waals surface area contributed by atoms with Gasteiger partial charge in [0.25, 0.3) is 0 Å². The molecule has 0 aromatic heterocycles. The molecule has 3 aliphatic rings. The number of hydrogen-bond donors (Lipinski definition) is 1. The van der Waals surface area contributed by atoms with Gasteiger partial charge in [0.05, 0.1) is 35.3 Å². The summed E-state index contributed by atoms with van der Waals surface area (Å²) in [5, 5.41) is 10.6. The van der Waals surface area contributed by atoms with Gasteiger partial charge >= 0.3 is 0 Å². The van der Waals surface area contributed by atoms with E-state index in [1.54, 1.807) is 0 Å². The van der Waals surface area contributed by atoms with Crippen LogP contribution < -0.4 is 0 Å². The highest BCUT2D eigenvalue weighted by Crippen LogP contribution is 2.75. The molecular formula is C30H34N2O4. The summed E-state index contributed by atoms with van der Waals surface area (Å²) >= 11 is 0. The van der Waals surface area contributed by atoms with E-state index in [2.05, 4.69) is 0 Å².